The fourth-order valence-electron chi connectivity index (χ4n) is 2.49. The Hall–Kier alpha value is -2.35. The quantitative estimate of drug-likeness (QED) is 0.639. The molecule has 9 heteroatoms. The number of rotatable bonds is 5. The summed E-state index contributed by atoms with van der Waals surface area (Å²) in [6.45, 7) is 1.93. The van der Waals surface area contributed by atoms with Gasteiger partial charge in [0, 0.05) is 18.4 Å². The lowest BCUT2D eigenvalue weighted by Gasteiger charge is -2.10. The summed E-state index contributed by atoms with van der Waals surface area (Å²) in [5.74, 6) is 0.424. The Labute approximate surface area is 146 Å². The molecule has 1 aromatic carbocycles. The SMILES string of the molecule is Cc1nn(CCCC(F)(F)F)c2c(Oc3ncc(Cl)cn3)cccc12. The average molecular weight is 371 g/mol. The summed E-state index contributed by atoms with van der Waals surface area (Å²) in [7, 11) is 0. The number of aromatic nitrogens is 4. The first-order valence-electron chi connectivity index (χ1n) is 7.52. The van der Waals surface area contributed by atoms with E-state index in [1.807, 2.05) is 6.07 Å². The molecule has 0 saturated carbocycles. The van der Waals surface area contributed by atoms with Gasteiger partial charge in [0.05, 0.1) is 23.1 Å². The molecule has 25 heavy (non-hydrogen) atoms. The van der Waals surface area contributed by atoms with Crippen LogP contribution in [0.2, 0.25) is 5.02 Å². The maximum atomic E-state index is 12.4. The molecular formula is C16H14ClF3N4O. The summed E-state index contributed by atoms with van der Waals surface area (Å²) >= 11 is 5.75. The Morgan fingerprint density at radius 1 is 1.20 bits per heavy atom. The molecule has 3 rings (SSSR count). The topological polar surface area (TPSA) is 52.8 Å². The monoisotopic (exact) mass is 370 g/mol. The molecule has 2 aromatic heterocycles. The zero-order valence-electron chi connectivity index (χ0n) is 13.2. The van der Waals surface area contributed by atoms with Crippen LogP contribution in [0.3, 0.4) is 0 Å². The van der Waals surface area contributed by atoms with Gasteiger partial charge in [-0.1, -0.05) is 23.7 Å². The second-order valence-electron chi connectivity index (χ2n) is 5.47. The van der Waals surface area contributed by atoms with Gasteiger partial charge in [-0.25, -0.2) is 9.97 Å². The standard InChI is InChI=1S/C16H14ClF3N4O/c1-10-12-4-2-5-13(25-15-21-8-11(17)9-22-15)14(12)24(23-10)7-3-6-16(18,19)20/h2,4-5,8-9H,3,6-7H2,1H3. The summed E-state index contributed by atoms with van der Waals surface area (Å²) in [6.07, 6.45) is -2.32. The molecule has 0 spiro atoms. The van der Waals surface area contributed by atoms with Crippen molar-refractivity contribution in [3.05, 3.63) is 41.3 Å². The Balaban J connectivity index is 1.91. The normalized spacial score (nSPS) is 11.9. The first kappa shape index (κ1) is 17.5. The number of benzene rings is 1. The number of hydrogen-bond acceptors (Lipinski definition) is 4. The van der Waals surface area contributed by atoms with Crippen molar-refractivity contribution < 1.29 is 17.9 Å². The van der Waals surface area contributed by atoms with Gasteiger partial charge in [-0.15, -0.1) is 0 Å². The van der Waals surface area contributed by atoms with Gasteiger partial charge in [0.2, 0.25) is 0 Å². The van der Waals surface area contributed by atoms with E-state index in [2.05, 4.69) is 15.1 Å². The maximum Gasteiger partial charge on any atom is 0.389 e. The van der Waals surface area contributed by atoms with Crippen LogP contribution in [0.15, 0.2) is 30.6 Å². The Morgan fingerprint density at radius 2 is 1.92 bits per heavy atom. The van der Waals surface area contributed by atoms with Gasteiger partial charge in [0.1, 0.15) is 5.52 Å². The molecule has 0 aliphatic carbocycles. The highest BCUT2D eigenvalue weighted by molar-refractivity contribution is 6.30. The number of hydrogen-bond donors (Lipinski definition) is 0. The Morgan fingerprint density at radius 3 is 2.60 bits per heavy atom. The van der Waals surface area contributed by atoms with Crippen LogP contribution >= 0.6 is 11.6 Å². The lowest BCUT2D eigenvalue weighted by Crippen LogP contribution is -2.10. The lowest BCUT2D eigenvalue weighted by atomic mass is 10.2. The average Bonchev–Trinajstić information content (AvgIpc) is 2.86. The van der Waals surface area contributed by atoms with Gasteiger partial charge < -0.3 is 4.74 Å². The van der Waals surface area contributed by atoms with E-state index >= 15 is 0 Å². The summed E-state index contributed by atoms with van der Waals surface area (Å²) in [4.78, 5) is 7.94. The van der Waals surface area contributed by atoms with E-state index in [9.17, 15) is 13.2 Å². The van der Waals surface area contributed by atoms with Gasteiger partial charge >= 0.3 is 12.2 Å². The van der Waals surface area contributed by atoms with Crippen molar-refractivity contribution in [3.8, 4) is 11.8 Å². The van der Waals surface area contributed by atoms with Gasteiger partial charge in [0.25, 0.3) is 0 Å². The van der Waals surface area contributed by atoms with Crippen LogP contribution in [0.1, 0.15) is 18.5 Å². The van der Waals surface area contributed by atoms with Gasteiger partial charge in [-0.2, -0.15) is 18.3 Å². The second-order valence-corrected chi connectivity index (χ2v) is 5.90. The third-order valence-electron chi connectivity index (χ3n) is 3.55. The Bertz CT molecular complexity index is 877. The Kier molecular flexibility index (Phi) is 4.80. The van der Waals surface area contributed by atoms with Gasteiger partial charge in [0.15, 0.2) is 5.75 Å². The third-order valence-corrected chi connectivity index (χ3v) is 3.74. The fourth-order valence-corrected chi connectivity index (χ4v) is 2.59. The highest BCUT2D eigenvalue weighted by Gasteiger charge is 2.26. The molecule has 0 aliphatic rings. The molecule has 0 radical (unpaired) electrons. The van der Waals surface area contributed by atoms with E-state index in [0.717, 1.165) is 5.39 Å². The van der Waals surface area contributed by atoms with E-state index in [-0.39, 0.29) is 19.0 Å². The number of halogens is 4. The molecule has 5 nitrogen and oxygen atoms in total. The van der Waals surface area contributed by atoms with Crippen molar-refractivity contribution >= 4 is 22.5 Å². The van der Waals surface area contributed by atoms with Crippen LogP contribution < -0.4 is 4.74 Å². The van der Waals surface area contributed by atoms with E-state index in [0.29, 0.717) is 22.0 Å². The zero-order valence-corrected chi connectivity index (χ0v) is 14.0. The molecular weight excluding hydrogens is 357 g/mol. The first-order valence-corrected chi connectivity index (χ1v) is 7.89. The molecule has 0 fully saturated rings. The van der Waals surface area contributed by atoms with Crippen LogP contribution in [0.5, 0.6) is 11.8 Å². The van der Waals surface area contributed by atoms with Crippen LogP contribution in [0, 0.1) is 6.92 Å². The minimum absolute atomic E-state index is 0.0640. The van der Waals surface area contributed by atoms with Crippen LogP contribution in [-0.4, -0.2) is 25.9 Å². The highest BCUT2D eigenvalue weighted by atomic mass is 35.5. The van der Waals surface area contributed by atoms with Crippen molar-refractivity contribution in [3.63, 3.8) is 0 Å². The minimum atomic E-state index is -4.19. The van der Waals surface area contributed by atoms with Gasteiger partial charge in [-0.05, 0) is 19.4 Å². The molecule has 0 amide bonds. The molecule has 2 heterocycles. The number of para-hydroxylation sites is 1. The molecule has 0 N–H and O–H groups in total. The number of ether oxygens (including phenoxy) is 1. The van der Waals surface area contributed by atoms with E-state index in [1.165, 1.54) is 17.1 Å². The fraction of sp³-hybridized carbons (Fsp3) is 0.312. The number of alkyl halides is 3. The summed E-state index contributed by atoms with van der Waals surface area (Å²) in [6, 6.07) is 5.41. The zero-order chi connectivity index (χ0) is 18.0. The summed E-state index contributed by atoms with van der Waals surface area (Å²) in [5.41, 5.74) is 1.32. The lowest BCUT2D eigenvalue weighted by molar-refractivity contribution is -0.135. The van der Waals surface area contributed by atoms with Gasteiger partial charge in [-0.3, -0.25) is 4.68 Å². The molecule has 0 saturated heterocycles. The van der Waals surface area contributed by atoms with Crippen molar-refractivity contribution in [1.29, 1.82) is 0 Å². The smallest absolute Gasteiger partial charge is 0.389 e. The molecule has 132 valence electrons. The highest BCUT2D eigenvalue weighted by Crippen LogP contribution is 2.31. The molecule has 0 unspecified atom stereocenters. The van der Waals surface area contributed by atoms with Crippen LogP contribution in [0.25, 0.3) is 10.9 Å². The van der Waals surface area contributed by atoms with Crippen LogP contribution in [-0.2, 0) is 6.54 Å². The van der Waals surface area contributed by atoms with Crippen LogP contribution in [0.4, 0.5) is 13.2 Å². The molecule has 3 aromatic rings. The van der Waals surface area contributed by atoms with E-state index in [4.69, 9.17) is 16.3 Å². The number of nitrogens with zero attached hydrogens (tertiary/aromatic N) is 4. The predicted molar refractivity (Wildman–Crippen MR) is 86.9 cm³/mol. The predicted octanol–water partition coefficient (Wildman–Crippen LogP) is 4.92. The first-order chi connectivity index (χ1) is 11.8. The maximum absolute atomic E-state index is 12.4. The van der Waals surface area contributed by atoms with E-state index < -0.39 is 12.6 Å². The van der Waals surface area contributed by atoms with Crippen molar-refractivity contribution in [2.45, 2.75) is 32.5 Å². The number of aryl methyl sites for hydroxylation is 2. The van der Waals surface area contributed by atoms with Crippen molar-refractivity contribution in [2.75, 3.05) is 0 Å². The van der Waals surface area contributed by atoms with Crippen molar-refractivity contribution in [2.24, 2.45) is 0 Å². The molecule has 0 atom stereocenters. The molecule has 0 aliphatic heterocycles. The summed E-state index contributed by atoms with van der Waals surface area (Å²) in [5, 5.41) is 5.51. The largest absolute Gasteiger partial charge is 0.422 e. The summed E-state index contributed by atoms with van der Waals surface area (Å²) < 4.78 is 44.4. The second kappa shape index (κ2) is 6.87. The van der Waals surface area contributed by atoms with E-state index in [1.54, 1.807) is 19.1 Å². The third kappa shape index (κ3) is 4.19. The number of fused-ring (bicyclic) bond motifs is 1. The molecule has 0 bridgehead atoms. The van der Waals surface area contributed by atoms with Crippen molar-refractivity contribution in [1.82, 2.24) is 19.7 Å². The minimum Gasteiger partial charge on any atom is -0.422 e.